The van der Waals surface area contributed by atoms with Gasteiger partial charge in [-0.3, -0.25) is 4.57 Å². The molecule has 15 heavy (non-hydrogen) atoms. The van der Waals surface area contributed by atoms with Gasteiger partial charge in [-0.15, -0.1) is 5.10 Å². The second kappa shape index (κ2) is 3.46. The van der Waals surface area contributed by atoms with Crippen LogP contribution in [0.2, 0.25) is 0 Å². The molecule has 2 atom stereocenters. The summed E-state index contributed by atoms with van der Waals surface area (Å²) in [6.07, 6.45) is 1.46. The van der Waals surface area contributed by atoms with Crippen molar-refractivity contribution in [2.75, 3.05) is 13.2 Å². The smallest absolute Gasteiger partial charge is 0.317 e. The molecule has 2 aliphatic rings. The summed E-state index contributed by atoms with van der Waals surface area (Å²) in [6, 6.07) is 0.478. The summed E-state index contributed by atoms with van der Waals surface area (Å²) in [7, 11) is 0. The summed E-state index contributed by atoms with van der Waals surface area (Å²) >= 11 is 0. The average Bonchev–Trinajstić information content (AvgIpc) is 2.80. The van der Waals surface area contributed by atoms with Crippen LogP contribution in [0.25, 0.3) is 0 Å². The van der Waals surface area contributed by atoms with Gasteiger partial charge in [0.2, 0.25) is 0 Å². The standard InChI is InChI=1S/C9H14N4O2/c14-6-2-1-3-10-7(6)8-11-12-9-13(8)4-5-15-9/h6-7,10,14H,1-5H2. The lowest BCUT2D eigenvalue weighted by Gasteiger charge is -2.27. The number of aliphatic hydroxyl groups is 1. The SMILES string of the molecule is OC1CCCNC1c1nnc2n1CCO2. The van der Waals surface area contributed by atoms with E-state index in [-0.39, 0.29) is 12.1 Å². The van der Waals surface area contributed by atoms with Crippen molar-refractivity contribution in [3.63, 3.8) is 0 Å². The van der Waals surface area contributed by atoms with Gasteiger partial charge in [0.05, 0.1) is 18.7 Å². The van der Waals surface area contributed by atoms with Crippen molar-refractivity contribution in [2.45, 2.75) is 31.5 Å². The highest BCUT2D eigenvalue weighted by Crippen LogP contribution is 2.26. The van der Waals surface area contributed by atoms with E-state index in [2.05, 4.69) is 15.5 Å². The minimum absolute atomic E-state index is 0.0956. The normalized spacial score (nSPS) is 29.9. The Bertz CT molecular complexity index is 365. The van der Waals surface area contributed by atoms with Gasteiger partial charge in [-0.25, -0.2) is 0 Å². The Morgan fingerprint density at radius 1 is 1.47 bits per heavy atom. The van der Waals surface area contributed by atoms with Crippen LogP contribution in [-0.2, 0) is 6.54 Å². The molecule has 0 aliphatic carbocycles. The fourth-order valence-electron chi connectivity index (χ4n) is 2.21. The third kappa shape index (κ3) is 1.40. The molecule has 3 rings (SSSR count). The fourth-order valence-corrected chi connectivity index (χ4v) is 2.21. The Balaban J connectivity index is 1.91. The molecule has 0 saturated carbocycles. The molecule has 0 aromatic carbocycles. The van der Waals surface area contributed by atoms with Crippen molar-refractivity contribution < 1.29 is 9.84 Å². The molecule has 2 aliphatic heterocycles. The van der Waals surface area contributed by atoms with Gasteiger partial charge >= 0.3 is 6.01 Å². The Morgan fingerprint density at radius 3 is 3.27 bits per heavy atom. The zero-order chi connectivity index (χ0) is 10.3. The first-order valence-electron chi connectivity index (χ1n) is 5.33. The molecule has 6 nitrogen and oxygen atoms in total. The Kier molecular flexibility index (Phi) is 2.10. The van der Waals surface area contributed by atoms with Crippen LogP contribution in [0.1, 0.15) is 24.7 Å². The van der Waals surface area contributed by atoms with Crippen molar-refractivity contribution >= 4 is 0 Å². The van der Waals surface area contributed by atoms with Crippen LogP contribution < -0.4 is 10.1 Å². The van der Waals surface area contributed by atoms with E-state index >= 15 is 0 Å². The number of piperidine rings is 1. The Hall–Kier alpha value is -1.14. The first-order chi connectivity index (χ1) is 7.36. The number of hydrogen-bond acceptors (Lipinski definition) is 5. The molecule has 2 N–H and O–H groups in total. The van der Waals surface area contributed by atoms with Gasteiger partial charge in [-0.1, -0.05) is 5.10 Å². The van der Waals surface area contributed by atoms with Gasteiger partial charge in [0.25, 0.3) is 0 Å². The summed E-state index contributed by atoms with van der Waals surface area (Å²) in [4.78, 5) is 0. The van der Waals surface area contributed by atoms with E-state index in [1.54, 1.807) is 0 Å². The molecule has 1 fully saturated rings. The number of aliphatic hydroxyl groups excluding tert-OH is 1. The maximum Gasteiger partial charge on any atom is 0.317 e. The highest BCUT2D eigenvalue weighted by atomic mass is 16.5. The maximum atomic E-state index is 9.89. The monoisotopic (exact) mass is 210 g/mol. The van der Waals surface area contributed by atoms with Crippen LogP contribution in [0.4, 0.5) is 0 Å². The van der Waals surface area contributed by atoms with Crippen LogP contribution in [-0.4, -0.2) is 39.1 Å². The van der Waals surface area contributed by atoms with Crippen molar-refractivity contribution in [3.8, 4) is 6.01 Å². The van der Waals surface area contributed by atoms with Gasteiger partial charge < -0.3 is 15.2 Å². The average molecular weight is 210 g/mol. The molecule has 6 heteroatoms. The number of rotatable bonds is 1. The van der Waals surface area contributed by atoms with Gasteiger partial charge in [-0.05, 0) is 19.4 Å². The second-order valence-corrected chi connectivity index (χ2v) is 3.98. The van der Waals surface area contributed by atoms with E-state index in [0.717, 1.165) is 31.8 Å². The van der Waals surface area contributed by atoms with Crippen LogP contribution in [0.15, 0.2) is 0 Å². The van der Waals surface area contributed by atoms with E-state index in [0.29, 0.717) is 12.6 Å². The predicted molar refractivity (Wildman–Crippen MR) is 51.5 cm³/mol. The molecule has 2 unspecified atom stereocenters. The van der Waals surface area contributed by atoms with Crippen LogP contribution in [0, 0.1) is 0 Å². The Labute approximate surface area is 87.3 Å². The first kappa shape index (κ1) is 9.11. The van der Waals surface area contributed by atoms with E-state index in [9.17, 15) is 5.11 Å². The maximum absolute atomic E-state index is 9.89. The van der Waals surface area contributed by atoms with Gasteiger partial charge in [0.1, 0.15) is 6.61 Å². The highest BCUT2D eigenvalue weighted by molar-refractivity contribution is 5.10. The van der Waals surface area contributed by atoms with Crippen LogP contribution in [0.3, 0.4) is 0 Å². The molecule has 0 radical (unpaired) electrons. The number of aromatic nitrogens is 3. The summed E-state index contributed by atoms with van der Waals surface area (Å²) in [6.45, 7) is 2.36. The number of ether oxygens (including phenoxy) is 1. The van der Waals surface area contributed by atoms with Gasteiger partial charge in [0.15, 0.2) is 5.82 Å². The third-order valence-electron chi connectivity index (χ3n) is 3.00. The molecule has 1 saturated heterocycles. The lowest BCUT2D eigenvalue weighted by atomic mass is 10.0. The third-order valence-corrected chi connectivity index (χ3v) is 3.00. The summed E-state index contributed by atoms with van der Waals surface area (Å²) in [5, 5.41) is 21.2. The molecule has 0 bridgehead atoms. The largest absolute Gasteiger partial charge is 0.462 e. The van der Waals surface area contributed by atoms with E-state index in [1.165, 1.54) is 0 Å². The van der Waals surface area contributed by atoms with Gasteiger partial charge in [0, 0.05) is 0 Å². The molecule has 1 aromatic rings. The summed E-state index contributed by atoms with van der Waals surface area (Å²) < 4.78 is 7.22. The lowest BCUT2D eigenvalue weighted by Crippen LogP contribution is -2.39. The number of nitrogens with one attached hydrogen (secondary N) is 1. The summed E-state index contributed by atoms with van der Waals surface area (Å²) in [5.74, 6) is 0.801. The van der Waals surface area contributed by atoms with Crippen LogP contribution >= 0.6 is 0 Å². The molecular weight excluding hydrogens is 196 g/mol. The zero-order valence-electron chi connectivity index (χ0n) is 8.39. The van der Waals surface area contributed by atoms with Crippen molar-refractivity contribution in [1.82, 2.24) is 20.1 Å². The van der Waals surface area contributed by atoms with Crippen LogP contribution in [0.5, 0.6) is 6.01 Å². The van der Waals surface area contributed by atoms with E-state index in [1.807, 2.05) is 4.57 Å². The number of hydrogen-bond donors (Lipinski definition) is 2. The van der Waals surface area contributed by atoms with E-state index in [4.69, 9.17) is 4.74 Å². The first-order valence-corrected chi connectivity index (χ1v) is 5.33. The molecule has 1 aromatic heterocycles. The Morgan fingerprint density at radius 2 is 2.40 bits per heavy atom. The number of nitrogens with zero attached hydrogens (tertiary/aromatic N) is 3. The molecule has 82 valence electrons. The van der Waals surface area contributed by atoms with Gasteiger partial charge in [-0.2, -0.15) is 0 Å². The molecule has 0 spiro atoms. The predicted octanol–water partition coefficient (Wildman–Crippen LogP) is -0.544. The topological polar surface area (TPSA) is 72.2 Å². The van der Waals surface area contributed by atoms with Crippen molar-refractivity contribution in [2.24, 2.45) is 0 Å². The van der Waals surface area contributed by atoms with Crippen molar-refractivity contribution in [3.05, 3.63) is 5.82 Å². The minimum atomic E-state index is -0.368. The summed E-state index contributed by atoms with van der Waals surface area (Å²) in [5.41, 5.74) is 0. The van der Waals surface area contributed by atoms with Crippen molar-refractivity contribution in [1.29, 1.82) is 0 Å². The molecular formula is C9H14N4O2. The quantitative estimate of drug-likeness (QED) is 0.651. The fraction of sp³-hybridized carbons (Fsp3) is 0.778. The zero-order valence-corrected chi connectivity index (χ0v) is 8.39. The molecule has 0 amide bonds. The lowest BCUT2D eigenvalue weighted by molar-refractivity contribution is 0.0911. The number of fused-ring (bicyclic) bond motifs is 1. The van der Waals surface area contributed by atoms with E-state index < -0.39 is 0 Å². The highest BCUT2D eigenvalue weighted by Gasteiger charge is 2.31. The second-order valence-electron chi connectivity index (χ2n) is 3.98. The molecule has 3 heterocycles. The minimum Gasteiger partial charge on any atom is -0.462 e.